The number of β-amino-alcohol motifs (C(OH)–C–C–N with tert-alkyl or cyclic N) is 1. The molecule has 6 aromatic rings. The van der Waals surface area contributed by atoms with Crippen LogP contribution in [0.5, 0.6) is 5.88 Å². The molecule has 8 heterocycles. The van der Waals surface area contributed by atoms with Gasteiger partial charge in [0.05, 0.1) is 52.3 Å². The fraction of sp³-hybridized carbons (Fsp3) is 0.370. The number of anilines is 1. The summed E-state index contributed by atoms with van der Waals surface area (Å²) in [7, 11) is -2.04. The maximum absolute atomic E-state index is 15.1. The first kappa shape index (κ1) is 52.8. The zero-order chi connectivity index (χ0) is 54.7. The number of fused-ring (bicyclic) bond motifs is 2. The molecule has 4 aliphatic heterocycles. The van der Waals surface area contributed by atoms with Gasteiger partial charge in [0.1, 0.15) is 23.3 Å². The Hall–Kier alpha value is -7.63. The molecule has 1 saturated heterocycles. The molecule has 77 heavy (non-hydrogen) atoms. The molecule has 2 aromatic carbocycles. The number of aliphatic imine (C=N–C) groups is 1. The lowest BCUT2D eigenvalue weighted by atomic mass is 9.89. The number of aliphatic hydroxyl groups excluding tert-OH is 1. The Balaban J connectivity index is 0.793. The molecule has 10 rings (SSSR count). The molecule has 0 radical (unpaired) electrons. The molecule has 1 unspecified atom stereocenters. The van der Waals surface area contributed by atoms with Crippen molar-refractivity contribution in [3.8, 4) is 16.3 Å². The molecule has 19 nitrogen and oxygen atoms in total. The average Bonchev–Trinajstić information content (AvgIpc) is 4.28. The number of allylic oxidation sites excluding steroid dienone is 1. The number of carbonyl (C=O) groups excluding carboxylic acids is 4. The Morgan fingerprint density at radius 3 is 2.57 bits per heavy atom. The van der Waals surface area contributed by atoms with Crippen molar-refractivity contribution in [1.82, 2.24) is 40.5 Å². The van der Waals surface area contributed by atoms with E-state index >= 15 is 4.39 Å². The molecule has 4 aromatic heterocycles. The molecule has 4 amide bonds. The Kier molecular flexibility index (Phi) is 14.2. The van der Waals surface area contributed by atoms with E-state index in [1.165, 1.54) is 22.4 Å². The number of hydrogen-bond acceptors (Lipinski definition) is 15. The molecule has 0 bridgehead atoms. The third kappa shape index (κ3) is 10.3. The molecule has 4 aliphatic rings. The normalized spacial score (nSPS) is 19.6. The monoisotopic (exact) mass is 1090 g/mol. The van der Waals surface area contributed by atoms with Crippen LogP contribution in [0.2, 0.25) is 0 Å². The number of aryl methyl sites for hydroxylation is 2. The Morgan fingerprint density at radius 1 is 1.08 bits per heavy atom. The highest BCUT2D eigenvalue weighted by molar-refractivity contribution is 7.89. The van der Waals surface area contributed by atoms with Crippen molar-refractivity contribution >= 4 is 72.8 Å². The number of aromatic nitrogens is 4. The van der Waals surface area contributed by atoms with Gasteiger partial charge in [-0.25, -0.2) is 32.2 Å². The van der Waals surface area contributed by atoms with Crippen molar-refractivity contribution < 1.29 is 50.7 Å². The molecule has 0 saturated carbocycles. The summed E-state index contributed by atoms with van der Waals surface area (Å²) >= 11 is 1.54. The van der Waals surface area contributed by atoms with Gasteiger partial charge in [-0.15, -0.1) is 11.3 Å². The van der Waals surface area contributed by atoms with Crippen LogP contribution in [0.1, 0.15) is 101 Å². The van der Waals surface area contributed by atoms with E-state index in [9.17, 15) is 37.1 Å². The standard InChI is InChI=1S/C54H56F2N10O9S2/c1-28(2)42(52(70)66-24-35(67)20-39(66)48-61-53(71)54(4,62-48)33-12-10-30(11-13-33)47-29(3)59-27-76-47)40-21-41(63-75-40)74-17-9-7-8-15-57-50(68)44-32(26-77(6,72)73)18-31-23-64(5)46-43(31)45(44)36-25-65(16-14-38(36)60-51(46)69)49-37(56)19-34(55)22-58-49/h10-14,18-19,21-23,25,27-28,35,39,42,67H,7-9,15-17,20,24,26H2,1-6H3,(H,57,68)(H,60,69)(H,61,62,71)/t35-,39-,42?,54+/m1/s1. The van der Waals surface area contributed by atoms with Crippen LogP contribution in [0.25, 0.3) is 26.8 Å². The third-order valence-corrected chi connectivity index (χ3v) is 16.1. The number of sulfone groups is 1. The van der Waals surface area contributed by atoms with Gasteiger partial charge >= 0.3 is 0 Å². The van der Waals surface area contributed by atoms with Crippen molar-refractivity contribution in [2.24, 2.45) is 18.0 Å². The van der Waals surface area contributed by atoms with Crippen LogP contribution < -0.4 is 25.6 Å². The molecule has 402 valence electrons. The summed E-state index contributed by atoms with van der Waals surface area (Å²) in [6.07, 6.45) is 7.68. The highest BCUT2D eigenvalue weighted by atomic mass is 32.2. The highest BCUT2D eigenvalue weighted by Gasteiger charge is 2.48. The SMILES string of the molecule is Cc1ncsc1-c1ccc([C@]2(C)N=C([C@H]3C[C@@H](O)CN3C(=O)C(c3cc(OCCCCCNC(=O)c4c(CS(C)(=O)=O)cc5cn(C)c6c5c4C4=CN(c5ncc(F)cc5F)CC=C4NC6=O)no3)C(C)C)NC2=O)cc1. The number of nitrogens with one attached hydrogen (secondary N) is 3. The van der Waals surface area contributed by atoms with Crippen molar-refractivity contribution in [2.75, 3.05) is 37.4 Å². The average molecular weight is 1090 g/mol. The van der Waals surface area contributed by atoms with Crippen molar-refractivity contribution in [3.05, 3.63) is 129 Å². The lowest BCUT2D eigenvalue weighted by Gasteiger charge is -2.29. The number of pyridine rings is 1. The summed E-state index contributed by atoms with van der Waals surface area (Å²) in [5, 5.41) is 24.7. The number of halogens is 2. The van der Waals surface area contributed by atoms with Crippen molar-refractivity contribution in [3.63, 3.8) is 0 Å². The second-order valence-electron chi connectivity index (χ2n) is 20.4. The zero-order valence-corrected chi connectivity index (χ0v) is 44.7. The lowest BCUT2D eigenvalue weighted by molar-refractivity contribution is -0.134. The lowest BCUT2D eigenvalue weighted by Crippen LogP contribution is -2.48. The minimum atomic E-state index is -3.71. The van der Waals surface area contributed by atoms with Gasteiger partial charge in [-0.1, -0.05) is 38.1 Å². The number of benzene rings is 2. The minimum absolute atomic E-state index is 0.0258. The number of nitrogens with zero attached hydrogens (tertiary/aromatic N) is 7. The van der Waals surface area contributed by atoms with Crippen molar-refractivity contribution in [2.45, 2.75) is 82.7 Å². The zero-order valence-electron chi connectivity index (χ0n) is 43.0. The number of likely N-dealkylation sites (tertiary alicyclic amines) is 1. The summed E-state index contributed by atoms with van der Waals surface area (Å²) in [5.41, 5.74) is 4.45. The maximum atomic E-state index is 15.1. The third-order valence-electron chi connectivity index (χ3n) is 14.3. The molecule has 23 heteroatoms. The number of thiazole rings is 1. The fourth-order valence-electron chi connectivity index (χ4n) is 10.6. The first-order valence-corrected chi connectivity index (χ1v) is 28.1. The molecular formula is C54H56F2N10O9S2. The molecule has 1 fully saturated rings. The van der Waals surface area contributed by atoms with E-state index in [2.05, 4.69) is 31.1 Å². The number of unbranched alkanes of at least 4 members (excludes halogenated alkanes) is 2. The van der Waals surface area contributed by atoms with Gasteiger partial charge < -0.3 is 44.7 Å². The van der Waals surface area contributed by atoms with Gasteiger partial charge in [0.25, 0.3) is 23.6 Å². The van der Waals surface area contributed by atoms with Crippen LogP contribution in [-0.2, 0) is 37.8 Å². The predicted octanol–water partition coefficient (Wildman–Crippen LogP) is 6.43. The summed E-state index contributed by atoms with van der Waals surface area (Å²) in [5.74, 6) is -4.55. The first-order valence-electron chi connectivity index (χ1n) is 25.1. The molecule has 4 N–H and O–H groups in total. The Morgan fingerprint density at radius 2 is 1.86 bits per heavy atom. The van der Waals surface area contributed by atoms with Crippen LogP contribution in [-0.4, -0.2) is 112 Å². The van der Waals surface area contributed by atoms with Gasteiger partial charge in [0.15, 0.2) is 32.8 Å². The molecule has 0 aliphatic carbocycles. The van der Waals surface area contributed by atoms with Gasteiger partial charge in [0, 0.05) is 91.5 Å². The van der Waals surface area contributed by atoms with Crippen LogP contribution in [0.15, 0.2) is 87.9 Å². The number of amides is 4. The van der Waals surface area contributed by atoms with Gasteiger partial charge in [-0.2, -0.15) is 0 Å². The number of amidine groups is 1. The smallest absolute Gasteiger partial charge is 0.272 e. The van der Waals surface area contributed by atoms with Crippen molar-refractivity contribution in [1.29, 1.82) is 0 Å². The van der Waals surface area contributed by atoms with Gasteiger partial charge in [-0.3, -0.25) is 19.2 Å². The van der Waals surface area contributed by atoms with E-state index in [4.69, 9.17) is 14.3 Å². The summed E-state index contributed by atoms with van der Waals surface area (Å²) in [6.45, 7) is 7.88. The summed E-state index contributed by atoms with van der Waals surface area (Å²) in [4.78, 5) is 73.5. The second-order valence-corrected chi connectivity index (χ2v) is 23.3. The topological polar surface area (TPSA) is 244 Å². The van der Waals surface area contributed by atoms with Crippen LogP contribution in [0.4, 0.5) is 14.6 Å². The quantitative estimate of drug-likeness (QED) is 0.0721. The molecule has 0 spiro atoms. The predicted molar refractivity (Wildman–Crippen MR) is 284 cm³/mol. The number of aliphatic hydroxyl groups is 1. The highest BCUT2D eigenvalue weighted by Crippen LogP contribution is 2.42. The number of ether oxygens (including phenoxy) is 1. The summed E-state index contributed by atoms with van der Waals surface area (Å²) in [6, 6.07) is 10.8. The van der Waals surface area contributed by atoms with Crippen LogP contribution >= 0.6 is 11.3 Å². The minimum Gasteiger partial charge on any atom is -0.476 e. The molecular weight excluding hydrogens is 1030 g/mol. The van der Waals surface area contributed by atoms with E-state index < -0.39 is 62.6 Å². The Bertz CT molecular complexity index is 3590. The van der Waals surface area contributed by atoms with E-state index in [-0.39, 0.29) is 90.2 Å². The number of carbonyl (C=O) groups is 4. The largest absolute Gasteiger partial charge is 0.476 e. The summed E-state index contributed by atoms with van der Waals surface area (Å²) < 4.78 is 68.1. The van der Waals surface area contributed by atoms with E-state index in [0.717, 1.165) is 28.6 Å². The van der Waals surface area contributed by atoms with Gasteiger partial charge in [-0.05, 0) is 73.0 Å². The second kappa shape index (κ2) is 20.7. The number of rotatable bonds is 17. The van der Waals surface area contributed by atoms with E-state index in [0.29, 0.717) is 58.8 Å². The Labute approximate surface area is 446 Å². The van der Waals surface area contributed by atoms with Crippen LogP contribution in [0, 0.1) is 24.5 Å². The van der Waals surface area contributed by atoms with Crippen LogP contribution in [0.3, 0.4) is 0 Å². The fourth-order valence-corrected chi connectivity index (χ4v) is 12.2. The van der Waals surface area contributed by atoms with Gasteiger partial charge in [0.2, 0.25) is 5.91 Å². The van der Waals surface area contributed by atoms with E-state index in [1.807, 2.05) is 45.0 Å². The first-order chi connectivity index (χ1) is 36.7. The van der Waals surface area contributed by atoms with E-state index in [1.54, 1.807) is 53.4 Å². The number of hydrogen-bond donors (Lipinski definition) is 4. The molecule has 4 atom stereocenters. The maximum Gasteiger partial charge on any atom is 0.272 e.